The molecule has 0 aromatic carbocycles. The molecule has 1 N–H and O–H groups in total. The van der Waals surface area contributed by atoms with Crippen LogP contribution >= 0.6 is 0 Å². The number of nitrogens with zero attached hydrogens (tertiary/aromatic N) is 3. The molecular formula is C10H14N4O4. The standard InChI is InChI=1S/C10H14N4O4/c15-10(11-6-8-2-1-5-18-8)7-13-4-3-9(12-13)14(16)17/h3-4,8H,1-2,5-7H2,(H,11,15)/t8-/m1/s1. The van der Waals surface area contributed by atoms with Crippen LogP contribution in [0.15, 0.2) is 12.3 Å². The number of nitrogens with one attached hydrogen (secondary N) is 1. The van der Waals surface area contributed by atoms with Gasteiger partial charge in [0.15, 0.2) is 0 Å². The smallest absolute Gasteiger partial charge is 0.376 e. The molecule has 98 valence electrons. The zero-order valence-electron chi connectivity index (χ0n) is 9.74. The summed E-state index contributed by atoms with van der Waals surface area (Å²) in [5.41, 5.74) is 0. The predicted molar refractivity (Wildman–Crippen MR) is 60.9 cm³/mol. The molecule has 1 fully saturated rings. The first-order valence-corrected chi connectivity index (χ1v) is 5.71. The van der Waals surface area contributed by atoms with Crippen LogP contribution in [0.4, 0.5) is 5.82 Å². The normalized spacial score (nSPS) is 18.8. The Bertz CT molecular complexity index is 439. The summed E-state index contributed by atoms with van der Waals surface area (Å²) in [4.78, 5) is 21.4. The van der Waals surface area contributed by atoms with Crippen LogP contribution in [0.1, 0.15) is 12.8 Å². The average molecular weight is 254 g/mol. The lowest BCUT2D eigenvalue weighted by molar-refractivity contribution is -0.389. The molecule has 8 nitrogen and oxygen atoms in total. The van der Waals surface area contributed by atoms with Crippen LogP contribution in [0.2, 0.25) is 0 Å². The van der Waals surface area contributed by atoms with Crippen molar-refractivity contribution < 1.29 is 14.5 Å². The van der Waals surface area contributed by atoms with Crippen LogP contribution in [-0.2, 0) is 16.1 Å². The van der Waals surface area contributed by atoms with Gasteiger partial charge in [-0.25, -0.2) is 0 Å². The third kappa shape index (κ3) is 3.27. The molecule has 0 spiro atoms. The molecule has 1 amide bonds. The lowest BCUT2D eigenvalue weighted by Gasteiger charge is -2.09. The van der Waals surface area contributed by atoms with Crippen molar-refractivity contribution in [3.63, 3.8) is 0 Å². The second kappa shape index (κ2) is 5.58. The van der Waals surface area contributed by atoms with Crippen LogP contribution in [0, 0.1) is 10.1 Å². The van der Waals surface area contributed by atoms with Crippen LogP contribution < -0.4 is 5.32 Å². The summed E-state index contributed by atoms with van der Waals surface area (Å²) < 4.78 is 6.60. The van der Waals surface area contributed by atoms with Crippen molar-refractivity contribution in [3.05, 3.63) is 22.4 Å². The fourth-order valence-corrected chi connectivity index (χ4v) is 1.77. The van der Waals surface area contributed by atoms with E-state index in [4.69, 9.17) is 4.74 Å². The number of carbonyl (C=O) groups is 1. The minimum Gasteiger partial charge on any atom is -0.376 e. The van der Waals surface area contributed by atoms with E-state index in [1.165, 1.54) is 16.9 Å². The molecule has 0 unspecified atom stereocenters. The first-order valence-electron chi connectivity index (χ1n) is 5.71. The van der Waals surface area contributed by atoms with E-state index in [2.05, 4.69) is 10.4 Å². The molecule has 8 heteroatoms. The highest BCUT2D eigenvalue weighted by atomic mass is 16.6. The minimum atomic E-state index is -0.596. The van der Waals surface area contributed by atoms with E-state index in [9.17, 15) is 14.9 Å². The first kappa shape index (κ1) is 12.5. The van der Waals surface area contributed by atoms with Gasteiger partial charge in [0.05, 0.1) is 23.5 Å². The number of carbonyl (C=O) groups excluding carboxylic acids is 1. The topological polar surface area (TPSA) is 99.3 Å². The lowest BCUT2D eigenvalue weighted by atomic mass is 10.2. The molecular weight excluding hydrogens is 240 g/mol. The number of hydrogen-bond donors (Lipinski definition) is 1. The van der Waals surface area contributed by atoms with Crippen molar-refractivity contribution in [1.82, 2.24) is 15.1 Å². The zero-order chi connectivity index (χ0) is 13.0. The number of nitro groups is 1. The summed E-state index contributed by atoms with van der Waals surface area (Å²) in [6.45, 7) is 1.19. The van der Waals surface area contributed by atoms with Crippen LogP contribution in [0.5, 0.6) is 0 Å². The van der Waals surface area contributed by atoms with E-state index in [1.54, 1.807) is 0 Å². The second-order valence-corrected chi connectivity index (χ2v) is 4.07. The van der Waals surface area contributed by atoms with E-state index < -0.39 is 4.92 Å². The highest BCUT2D eigenvalue weighted by molar-refractivity contribution is 5.75. The molecule has 1 aliphatic rings. The van der Waals surface area contributed by atoms with Crippen LogP contribution in [0.25, 0.3) is 0 Å². The maximum atomic E-state index is 11.6. The second-order valence-electron chi connectivity index (χ2n) is 4.07. The number of rotatable bonds is 5. The molecule has 0 radical (unpaired) electrons. The minimum absolute atomic E-state index is 0.0272. The van der Waals surface area contributed by atoms with Crippen molar-refractivity contribution in [1.29, 1.82) is 0 Å². The van der Waals surface area contributed by atoms with Crippen LogP contribution in [-0.4, -0.2) is 39.9 Å². The molecule has 1 saturated heterocycles. The summed E-state index contributed by atoms with van der Waals surface area (Å²) in [5, 5.41) is 16.8. The van der Waals surface area contributed by atoms with E-state index >= 15 is 0 Å². The van der Waals surface area contributed by atoms with Gasteiger partial charge in [0.2, 0.25) is 5.91 Å². The highest BCUT2D eigenvalue weighted by Gasteiger charge is 2.17. The van der Waals surface area contributed by atoms with Gasteiger partial charge in [0.1, 0.15) is 6.54 Å². The number of aromatic nitrogens is 2. The fraction of sp³-hybridized carbons (Fsp3) is 0.600. The molecule has 0 bridgehead atoms. The Morgan fingerprint density at radius 2 is 2.56 bits per heavy atom. The van der Waals surface area contributed by atoms with E-state index in [1.807, 2.05) is 0 Å². The average Bonchev–Trinajstić information content (AvgIpc) is 2.96. The third-order valence-electron chi connectivity index (χ3n) is 2.67. The summed E-state index contributed by atoms with van der Waals surface area (Å²) in [6.07, 6.45) is 3.46. The van der Waals surface area contributed by atoms with Crippen molar-refractivity contribution >= 4 is 11.7 Å². The molecule has 1 aromatic rings. The Kier molecular flexibility index (Phi) is 3.88. The summed E-state index contributed by atoms with van der Waals surface area (Å²) in [7, 11) is 0. The number of hydrogen-bond acceptors (Lipinski definition) is 5. The number of ether oxygens (including phenoxy) is 1. The van der Waals surface area contributed by atoms with E-state index in [0.717, 1.165) is 19.4 Å². The van der Waals surface area contributed by atoms with Gasteiger partial charge < -0.3 is 20.2 Å². The Morgan fingerprint density at radius 1 is 1.72 bits per heavy atom. The molecule has 1 aromatic heterocycles. The third-order valence-corrected chi connectivity index (χ3v) is 2.67. The van der Waals surface area contributed by atoms with Crippen molar-refractivity contribution in [3.8, 4) is 0 Å². The van der Waals surface area contributed by atoms with Crippen molar-refractivity contribution in [2.45, 2.75) is 25.5 Å². The first-order chi connectivity index (χ1) is 8.65. The molecule has 0 saturated carbocycles. The molecule has 2 heterocycles. The van der Waals surface area contributed by atoms with Crippen LogP contribution in [0.3, 0.4) is 0 Å². The Hall–Kier alpha value is -1.96. The predicted octanol–water partition coefficient (Wildman–Crippen LogP) is 0.0865. The monoisotopic (exact) mass is 254 g/mol. The van der Waals surface area contributed by atoms with Gasteiger partial charge in [-0.05, 0) is 17.8 Å². The Balaban J connectivity index is 1.77. The highest BCUT2D eigenvalue weighted by Crippen LogP contribution is 2.10. The fourth-order valence-electron chi connectivity index (χ4n) is 1.77. The Labute approximate surface area is 103 Å². The lowest BCUT2D eigenvalue weighted by Crippen LogP contribution is -2.34. The maximum Gasteiger partial charge on any atom is 0.389 e. The van der Waals surface area contributed by atoms with E-state index in [-0.39, 0.29) is 24.4 Å². The molecule has 1 atom stereocenters. The van der Waals surface area contributed by atoms with Gasteiger partial charge in [0, 0.05) is 13.2 Å². The summed E-state index contributed by atoms with van der Waals surface area (Å²) in [6, 6.07) is 1.26. The maximum absolute atomic E-state index is 11.6. The molecule has 2 rings (SSSR count). The zero-order valence-corrected chi connectivity index (χ0v) is 9.74. The van der Waals surface area contributed by atoms with Gasteiger partial charge >= 0.3 is 5.82 Å². The largest absolute Gasteiger partial charge is 0.389 e. The van der Waals surface area contributed by atoms with Gasteiger partial charge in [-0.1, -0.05) is 0 Å². The molecule has 18 heavy (non-hydrogen) atoms. The molecule has 0 aliphatic carbocycles. The summed E-state index contributed by atoms with van der Waals surface area (Å²) in [5.74, 6) is -0.495. The Morgan fingerprint density at radius 3 is 3.17 bits per heavy atom. The molecule has 1 aliphatic heterocycles. The van der Waals surface area contributed by atoms with E-state index in [0.29, 0.717) is 6.54 Å². The van der Waals surface area contributed by atoms with Gasteiger partial charge in [-0.3, -0.25) is 4.79 Å². The quantitative estimate of drug-likeness (QED) is 0.592. The van der Waals surface area contributed by atoms with Gasteiger partial charge in [-0.2, -0.15) is 4.68 Å². The van der Waals surface area contributed by atoms with Crippen molar-refractivity contribution in [2.24, 2.45) is 0 Å². The SMILES string of the molecule is O=C(Cn1ccc([N+](=O)[O-])n1)NC[C@H]1CCCO1. The van der Waals surface area contributed by atoms with Crippen molar-refractivity contribution in [2.75, 3.05) is 13.2 Å². The van der Waals surface area contributed by atoms with Gasteiger partial charge in [0.25, 0.3) is 0 Å². The summed E-state index contributed by atoms with van der Waals surface area (Å²) >= 11 is 0. The number of amides is 1. The van der Waals surface area contributed by atoms with Gasteiger partial charge in [-0.15, -0.1) is 0 Å².